The largest absolute Gasteiger partial charge is 0.383 e. The molecule has 3 rings (SSSR count). The molecule has 0 aliphatic heterocycles. The average Bonchev–Trinajstić information content (AvgIpc) is 2.48. The van der Waals surface area contributed by atoms with Crippen LogP contribution in [0.15, 0.2) is 23.8 Å². The third kappa shape index (κ3) is 2.04. The molecule has 0 amide bonds. The Kier molecular flexibility index (Phi) is 3.50. The second kappa shape index (κ2) is 4.78. The molecule has 0 bridgehead atoms. The highest BCUT2D eigenvalue weighted by molar-refractivity contribution is 6.03. The van der Waals surface area contributed by atoms with Crippen molar-refractivity contribution in [2.75, 3.05) is 0 Å². The van der Waals surface area contributed by atoms with Gasteiger partial charge < -0.3 is 15.3 Å². The van der Waals surface area contributed by atoms with Crippen molar-refractivity contribution in [1.29, 1.82) is 0 Å². The Morgan fingerprint density at radius 1 is 1.17 bits per heavy atom. The number of aliphatic hydroxyl groups excluding tert-OH is 1. The van der Waals surface area contributed by atoms with E-state index in [0.717, 1.165) is 12.8 Å². The van der Waals surface area contributed by atoms with E-state index >= 15 is 0 Å². The molecule has 23 heavy (non-hydrogen) atoms. The predicted octanol–water partition coefficient (Wildman–Crippen LogP) is 2.28. The summed E-state index contributed by atoms with van der Waals surface area (Å²) in [6.07, 6.45) is 3.68. The van der Waals surface area contributed by atoms with Crippen LogP contribution in [-0.2, 0) is 4.79 Å². The van der Waals surface area contributed by atoms with Crippen LogP contribution in [0.3, 0.4) is 0 Å². The van der Waals surface area contributed by atoms with Crippen molar-refractivity contribution < 1.29 is 20.1 Å². The lowest BCUT2D eigenvalue weighted by atomic mass is 9.50. The van der Waals surface area contributed by atoms with Crippen molar-refractivity contribution in [2.45, 2.75) is 76.6 Å². The highest BCUT2D eigenvalue weighted by atomic mass is 16.4. The van der Waals surface area contributed by atoms with Gasteiger partial charge in [-0.3, -0.25) is 4.79 Å². The van der Waals surface area contributed by atoms with E-state index in [4.69, 9.17) is 0 Å². The van der Waals surface area contributed by atoms with Crippen LogP contribution in [0.2, 0.25) is 0 Å². The summed E-state index contributed by atoms with van der Waals surface area (Å²) in [4.78, 5) is 12.9. The molecule has 4 heteroatoms. The van der Waals surface area contributed by atoms with Crippen LogP contribution < -0.4 is 0 Å². The summed E-state index contributed by atoms with van der Waals surface area (Å²) >= 11 is 0. The summed E-state index contributed by atoms with van der Waals surface area (Å²) in [5.74, 6) is -0.412. The normalized spacial score (nSPS) is 46.2. The molecule has 0 spiro atoms. The van der Waals surface area contributed by atoms with Crippen molar-refractivity contribution in [1.82, 2.24) is 0 Å². The Bertz CT molecular complexity index is 604. The molecule has 4 nitrogen and oxygen atoms in total. The van der Waals surface area contributed by atoms with Gasteiger partial charge in [-0.15, -0.1) is 6.58 Å². The minimum Gasteiger partial charge on any atom is -0.383 e. The molecule has 3 aliphatic carbocycles. The van der Waals surface area contributed by atoms with Crippen LogP contribution in [0.5, 0.6) is 0 Å². The molecule has 1 fully saturated rings. The van der Waals surface area contributed by atoms with E-state index < -0.39 is 28.5 Å². The van der Waals surface area contributed by atoms with Gasteiger partial charge in [0.2, 0.25) is 0 Å². The molecule has 0 saturated heterocycles. The summed E-state index contributed by atoms with van der Waals surface area (Å²) < 4.78 is 0. The first kappa shape index (κ1) is 16.9. The maximum atomic E-state index is 12.9. The van der Waals surface area contributed by atoms with Crippen LogP contribution in [0.25, 0.3) is 0 Å². The van der Waals surface area contributed by atoms with E-state index in [0.29, 0.717) is 30.4 Å². The third-order valence-electron chi connectivity index (χ3n) is 6.59. The van der Waals surface area contributed by atoms with E-state index in [-0.39, 0.29) is 11.8 Å². The quantitative estimate of drug-likeness (QED) is 0.648. The van der Waals surface area contributed by atoms with Gasteiger partial charge in [-0.1, -0.05) is 26.8 Å². The van der Waals surface area contributed by atoms with Gasteiger partial charge in [0, 0.05) is 5.57 Å². The highest BCUT2D eigenvalue weighted by Gasteiger charge is 2.67. The zero-order chi connectivity index (χ0) is 17.3. The first-order valence-corrected chi connectivity index (χ1v) is 8.56. The summed E-state index contributed by atoms with van der Waals surface area (Å²) in [5.41, 5.74) is -2.91. The number of hydrogen-bond acceptors (Lipinski definition) is 4. The molecule has 3 N–H and O–H groups in total. The molecule has 0 aromatic carbocycles. The smallest absolute Gasteiger partial charge is 0.190 e. The summed E-state index contributed by atoms with van der Waals surface area (Å²) in [6.45, 7) is 9.74. The number of allylic oxidation sites excluding steroid dienone is 1. The van der Waals surface area contributed by atoms with Crippen molar-refractivity contribution in [3.05, 3.63) is 23.8 Å². The molecule has 0 aromatic heterocycles. The Labute approximate surface area is 137 Å². The van der Waals surface area contributed by atoms with Gasteiger partial charge in [0.15, 0.2) is 5.78 Å². The average molecular weight is 320 g/mol. The Morgan fingerprint density at radius 2 is 1.83 bits per heavy atom. The SMILES string of the molecule is C=C[C@@]1(C)CC[C@]2(O)C3=C(C(=O)[C@H](O)[C@]2(O)C1)C(C)(C)CCC3. The Hall–Kier alpha value is -0.970. The fourth-order valence-electron chi connectivity index (χ4n) is 5.06. The van der Waals surface area contributed by atoms with Crippen LogP contribution in [-0.4, -0.2) is 38.4 Å². The van der Waals surface area contributed by atoms with Crippen molar-refractivity contribution >= 4 is 5.78 Å². The second-order valence-corrected chi connectivity index (χ2v) is 8.68. The number of fused-ring (bicyclic) bond motifs is 2. The minimum absolute atomic E-state index is 0.143. The van der Waals surface area contributed by atoms with Crippen molar-refractivity contribution in [3.63, 3.8) is 0 Å². The second-order valence-electron chi connectivity index (χ2n) is 8.68. The first-order valence-electron chi connectivity index (χ1n) is 8.56. The Morgan fingerprint density at radius 3 is 2.43 bits per heavy atom. The zero-order valence-corrected chi connectivity index (χ0v) is 14.4. The number of rotatable bonds is 1. The van der Waals surface area contributed by atoms with Gasteiger partial charge in [0.05, 0.1) is 0 Å². The van der Waals surface area contributed by atoms with E-state index in [1.54, 1.807) is 6.08 Å². The van der Waals surface area contributed by atoms with E-state index in [9.17, 15) is 20.1 Å². The van der Waals surface area contributed by atoms with Crippen LogP contribution in [0.4, 0.5) is 0 Å². The lowest BCUT2D eigenvalue weighted by Gasteiger charge is -2.59. The molecule has 3 aliphatic rings. The number of hydrogen-bond donors (Lipinski definition) is 3. The number of aliphatic hydroxyl groups is 3. The van der Waals surface area contributed by atoms with Crippen molar-refractivity contribution in [2.24, 2.45) is 10.8 Å². The fraction of sp³-hybridized carbons (Fsp3) is 0.737. The molecular weight excluding hydrogens is 292 g/mol. The fourth-order valence-corrected chi connectivity index (χ4v) is 5.06. The number of Topliss-reactive ketones (excluding diaryl/α,β-unsaturated/α-hetero) is 1. The summed E-state index contributed by atoms with van der Waals surface area (Å²) in [6, 6.07) is 0. The van der Waals surface area contributed by atoms with E-state index in [1.165, 1.54) is 0 Å². The number of carbonyl (C=O) groups is 1. The van der Waals surface area contributed by atoms with Gasteiger partial charge >= 0.3 is 0 Å². The number of ketones is 1. The van der Waals surface area contributed by atoms with Gasteiger partial charge in [0.25, 0.3) is 0 Å². The molecule has 0 radical (unpaired) electrons. The molecule has 1 saturated carbocycles. The third-order valence-corrected chi connectivity index (χ3v) is 6.59. The number of carbonyl (C=O) groups excluding carboxylic acids is 1. The lowest BCUT2D eigenvalue weighted by Crippen LogP contribution is -2.71. The van der Waals surface area contributed by atoms with Gasteiger partial charge in [-0.2, -0.15) is 0 Å². The maximum absolute atomic E-state index is 12.9. The molecule has 0 heterocycles. The predicted molar refractivity (Wildman–Crippen MR) is 87.7 cm³/mol. The minimum atomic E-state index is -1.84. The summed E-state index contributed by atoms with van der Waals surface area (Å²) in [5, 5.41) is 33.4. The van der Waals surface area contributed by atoms with E-state index in [1.807, 2.05) is 20.8 Å². The lowest BCUT2D eigenvalue weighted by molar-refractivity contribution is -0.225. The van der Waals surface area contributed by atoms with Crippen LogP contribution in [0, 0.1) is 10.8 Å². The molecule has 0 unspecified atom stereocenters. The maximum Gasteiger partial charge on any atom is 0.190 e. The molecule has 128 valence electrons. The standard InChI is InChI=1S/C19H28O4/c1-5-17(4)9-10-18(22)12-7-6-8-16(2,3)13(12)14(20)15(21)19(18,23)11-17/h5,15,21-23H,1,6-11H2,2-4H3/t15-,17-,18-,19+/m0/s1. The molecular formula is C19H28O4. The topological polar surface area (TPSA) is 77.8 Å². The van der Waals surface area contributed by atoms with Gasteiger partial charge in [0.1, 0.15) is 17.3 Å². The van der Waals surface area contributed by atoms with Crippen LogP contribution >= 0.6 is 0 Å². The van der Waals surface area contributed by atoms with Crippen LogP contribution in [0.1, 0.15) is 59.3 Å². The first-order chi connectivity index (χ1) is 10.5. The summed E-state index contributed by atoms with van der Waals surface area (Å²) in [7, 11) is 0. The van der Waals surface area contributed by atoms with E-state index in [2.05, 4.69) is 6.58 Å². The molecule has 4 atom stereocenters. The van der Waals surface area contributed by atoms with Gasteiger partial charge in [-0.25, -0.2) is 0 Å². The zero-order valence-electron chi connectivity index (χ0n) is 14.4. The van der Waals surface area contributed by atoms with Gasteiger partial charge in [-0.05, 0) is 54.9 Å². The highest BCUT2D eigenvalue weighted by Crippen LogP contribution is 2.59. The van der Waals surface area contributed by atoms with Crippen molar-refractivity contribution in [3.8, 4) is 0 Å². The molecule has 0 aromatic rings. The monoisotopic (exact) mass is 320 g/mol. The Balaban J connectivity index is 2.21.